The van der Waals surface area contributed by atoms with Crippen molar-refractivity contribution in [1.82, 2.24) is 15.2 Å². The summed E-state index contributed by atoms with van der Waals surface area (Å²) in [4.78, 5) is 21.3. The number of pyridine rings is 1. The molecule has 3 rings (SSSR count). The molecule has 5 heteroatoms. The van der Waals surface area contributed by atoms with Crippen LogP contribution < -0.4 is 10.2 Å². The number of piperazine rings is 1. The van der Waals surface area contributed by atoms with Crippen LogP contribution in [0, 0.1) is 0 Å². The number of carbonyl (C=O) groups excluding carboxylic acids is 1. The molecule has 0 aromatic carbocycles. The molecule has 5 nitrogen and oxygen atoms in total. The minimum absolute atomic E-state index is 0.0357. The fraction of sp³-hybridized carbons (Fsp3) is 0.647. The number of hydrogen-bond donors (Lipinski definition) is 1. The van der Waals surface area contributed by atoms with Crippen molar-refractivity contribution in [2.24, 2.45) is 0 Å². The Balaban J connectivity index is 1.49. The highest BCUT2D eigenvalue weighted by Gasteiger charge is 2.27. The SMILES string of the molecule is C[C@@H](C(=O)NC1CCCC1)N1CCN(c2ccccn2)CC1. The van der Waals surface area contributed by atoms with Crippen molar-refractivity contribution in [2.45, 2.75) is 44.7 Å². The zero-order valence-corrected chi connectivity index (χ0v) is 13.4. The maximum absolute atomic E-state index is 12.4. The largest absolute Gasteiger partial charge is 0.354 e. The van der Waals surface area contributed by atoms with Gasteiger partial charge in [-0.05, 0) is 31.9 Å². The van der Waals surface area contributed by atoms with Crippen molar-refractivity contribution < 1.29 is 4.79 Å². The maximum Gasteiger partial charge on any atom is 0.237 e. The van der Waals surface area contributed by atoms with Crippen LogP contribution in [0.5, 0.6) is 0 Å². The summed E-state index contributed by atoms with van der Waals surface area (Å²) in [7, 11) is 0. The Bertz CT molecular complexity index is 479. The number of hydrogen-bond acceptors (Lipinski definition) is 4. The molecule has 0 spiro atoms. The second kappa shape index (κ2) is 7.09. The summed E-state index contributed by atoms with van der Waals surface area (Å²) < 4.78 is 0. The normalized spacial score (nSPS) is 21.8. The van der Waals surface area contributed by atoms with E-state index in [-0.39, 0.29) is 11.9 Å². The van der Waals surface area contributed by atoms with Crippen molar-refractivity contribution >= 4 is 11.7 Å². The highest BCUT2D eigenvalue weighted by molar-refractivity contribution is 5.81. The summed E-state index contributed by atoms with van der Waals surface area (Å²) in [6.07, 6.45) is 6.63. The Morgan fingerprint density at radius 1 is 1.23 bits per heavy atom. The van der Waals surface area contributed by atoms with Crippen molar-refractivity contribution in [3.63, 3.8) is 0 Å². The molecule has 1 aliphatic heterocycles. The molecule has 1 aromatic heterocycles. The predicted octanol–water partition coefficient (Wildman–Crippen LogP) is 1.65. The second-order valence-electron chi connectivity index (χ2n) is 6.38. The molecule has 2 fully saturated rings. The maximum atomic E-state index is 12.4. The van der Waals surface area contributed by atoms with Crippen LogP contribution >= 0.6 is 0 Å². The van der Waals surface area contributed by atoms with Crippen LogP contribution in [0.25, 0.3) is 0 Å². The number of carbonyl (C=O) groups is 1. The third-order valence-corrected chi connectivity index (χ3v) is 4.92. The van der Waals surface area contributed by atoms with Crippen LogP contribution in [0.3, 0.4) is 0 Å². The molecular formula is C17H26N4O. The number of aromatic nitrogens is 1. The molecule has 0 radical (unpaired) electrons. The smallest absolute Gasteiger partial charge is 0.237 e. The minimum Gasteiger partial charge on any atom is -0.354 e. The fourth-order valence-corrected chi connectivity index (χ4v) is 3.44. The monoisotopic (exact) mass is 302 g/mol. The molecular weight excluding hydrogens is 276 g/mol. The first-order valence-electron chi connectivity index (χ1n) is 8.44. The molecule has 120 valence electrons. The molecule has 1 amide bonds. The molecule has 1 N–H and O–H groups in total. The van der Waals surface area contributed by atoms with Gasteiger partial charge in [0.1, 0.15) is 5.82 Å². The molecule has 1 saturated carbocycles. The second-order valence-corrected chi connectivity index (χ2v) is 6.38. The van der Waals surface area contributed by atoms with Crippen molar-refractivity contribution in [2.75, 3.05) is 31.1 Å². The van der Waals surface area contributed by atoms with Crippen LogP contribution in [-0.4, -0.2) is 54.1 Å². The van der Waals surface area contributed by atoms with Crippen molar-refractivity contribution in [3.05, 3.63) is 24.4 Å². The lowest BCUT2D eigenvalue weighted by atomic mass is 10.2. The van der Waals surface area contributed by atoms with E-state index in [0.29, 0.717) is 6.04 Å². The number of amides is 1. The first-order chi connectivity index (χ1) is 10.7. The van der Waals surface area contributed by atoms with E-state index in [0.717, 1.165) is 44.8 Å². The molecule has 0 unspecified atom stereocenters. The summed E-state index contributed by atoms with van der Waals surface area (Å²) in [5, 5.41) is 3.21. The Morgan fingerprint density at radius 2 is 1.95 bits per heavy atom. The highest BCUT2D eigenvalue weighted by atomic mass is 16.2. The van der Waals surface area contributed by atoms with Crippen LogP contribution in [0.4, 0.5) is 5.82 Å². The Kier molecular flexibility index (Phi) is 4.93. The predicted molar refractivity (Wildman–Crippen MR) is 87.9 cm³/mol. The van der Waals surface area contributed by atoms with Crippen LogP contribution in [0.1, 0.15) is 32.6 Å². The number of nitrogens with one attached hydrogen (secondary N) is 1. The lowest BCUT2D eigenvalue weighted by Gasteiger charge is -2.38. The Hall–Kier alpha value is -1.62. The molecule has 2 aliphatic rings. The van der Waals surface area contributed by atoms with Gasteiger partial charge in [0, 0.05) is 38.4 Å². The van der Waals surface area contributed by atoms with Gasteiger partial charge in [-0.3, -0.25) is 9.69 Å². The van der Waals surface area contributed by atoms with Crippen molar-refractivity contribution in [3.8, 4) is 0 Å². The third kappa shape index (κ3) is 3.58. The van der Waals surface area contributed by atoms with Gasteiger partial charge in [-0.25, -0.2) is 4.98 Å². The van der Waals surface area contributed by atoms with E-state index in [2.05, 4.69) is 20.1 Å². The lowest BCUT2D eigenvalue weighted by Crippen LogP contribution is -2.55. The molecule has 2 heterocycles. The van der Waals surface area contributed by atoms with Gasteiger partial charge < -0.3 is 10.2 Å². The summed E-state index contributed by atoms with van der Waals surface area (Å²) in [5.74, 6) is 1.23. The van der Waals surface area contributed by atoms with Crippen molar-refractivity contribution in [1.29, 1.82) is 0 Å². The topological polar surface area (TPSA) is 48.5 Å². The van der Waals surface area contributed by atoms with Gasteiger partial charge >= 0.3 is 0 Å². The summed E-state index contributed by atoms with van der Waals surface area (Å²) in [6.45, 7) is 5.71. The van der Waals surface area contributed by atoms with E-state index in [1.165, 1.54) is 12.8 Å². The van der Waals surface area contributed by atoms with E-state index >= 15 is 0 Å². The summed E-state index contributed by atoms with van der Waals surface area (Å²) in [5.41, 5.74) is 0. The Labute approximate surface area is 132 Å². The van der Waals surface area contributed by atoms with Crippen LogP contribution in [0.15, 0.2) is 24.4 Å². The first kappa shape index (κ1) is 15.3. The summed E-state index contributed by atoms with van der Waals surface area (Å²) in [6, 6.07) is 6.38. The van der Waals surface area contributed by atoms with E-state index in [1.54, 1.807) is 0 Å². The standard InChI is InChI=1S/C17H26N4O/c1-14(17(22)19-15-6-2-3-7-15)20-10-12-21(13-11-20)16-8-4-5-9-18-16/h4-5,8-9,14-15H,2-3,6-7,10-13H2,1H3,(H,19,22)/t14-/m0/s1. The number of rotatable bonds is 4. The van der Waals surface area contributed by atoms with Gasteiger partial charge in [0.25, 0.3) is 0 Å². The van der Waals surface area contributed by atoms with Crippen LogP contribution in [-0.2, 0) is 4.79 Å². The highest BCUT2D eigenvalue weighted by Crippen LogP contribution is 2.18. The summed E-state index contributed by atoms with van der Waals surface area (Å²) >= 11 is 0. The van der Waals surface area contributed by atoms with E-state index in [4.69, 9.17) is 0 Å². The Morgan fingerprint density at radius 3 is 2.59 bits per heavy atom. The first-order valence-corrected chi connectivity index (χ1v) is 8.44. The molecule has 1 aromatic rings. The average molecular weight is 302 g/mol. The lowest BCUT2D eigenvalue weighted by molar-refractivity contribution is -0.126. The quantitative estimate of drug-likeness (QED) is 0.919. The third-order valence-electron chi connectivity index (χ3n) is 4.92. The zero-order chi connectivity index (χ0) is 15.4. The zero-order valence-electron chi connectivity index (χ0n) is 13.4. The van der Waals surface area contributed by atoms with Gasteiger partial charge in [0.15, 0.2) is 0 Å². The molecule has 1 aliphatic carbocycles. The van der Waals surface area contributed by atoms with E-state index in [1.807, 2.05) is 31.3 Å². The van der Waals surface area contributed by atoms with Crippen LogP contribution in [0.2, 0.25) is 0 Å². The molecule has 22 heavy (non-hydrogen) atoms. The number of nitrogens with zero attached hydrogens (tertiary/aromatic N) is 3. The van der Waals surface area contributed by atoms with Gasteiger partial charge in [0.2, 0.25) is 5.91 Å². The van der Waals surface area contributed by atoms with Gasteiger partial charge in [-0.15, -0.1) is 0 Å². The molecule has 0 bridgehead atoms. The molecule has 1 saturated heterocycles. The van der Waals surface area contributed by atoms with E-state index in [9.17, 15) is 4.79 Å². The van der Waals surface area contributed by atoms with Gasteiger partial charge in [-0.1, -0.05) is 18.9 Å². The van der Waals surface area contributed by atoms with Gasteiger partial charge in [0.05, 0.1) is 6.04 Å². The number of anilines is 1. The van der Waals surface area contributed by atoms with E-state index < -0.39 is 0 Å². The minimum atomic E-state index is -0.0357. The average Bonchev–Trinajstić information content (AvgIpc) is 3.08. The van der Waals surface area contributed by atoms with Gasteiger partial charge in [-0.2, -0.15) is 0 Å². The fourth-order valence-electron chi connectivity index (χ4n) is 3.44. The molecule has 1 atom stereocenters.